The van der Waals surface area contributed by atoms with E-state index in [9.17, 15) is 14.0 Å². The lowest BCUT2D eigenvalue weighted by Crippen LogP contribution is -2.51. The number of anilines is 1. The molecule has 2 aromatic rings. The SMILES string of the molecule is C[C@H](c1ccccc1)N(C)C(=O)CN1CCN(CC(=O)Nc2ccc(F)cc2)CC1. The molecule has 1 N–H and O–H groups in total. The molecule has 1 fully saturated rings. The number of nitrogens with zero attached hydrogens (tertiary/aromatic N) is 3. The number of amides is 2. The summed E-state index contributed by atoms with van der Waals surface area (Å²) >= 11 is 0. The highest BCUT2D eigenvalue weighted by atomic mass is 19.1. The quantitative estimate of drug-likeness (QED) is 0.760. The Morgan fingerprint density at radius 2 is 1.53 bits per heavy atom. The van der Waals surface area contributed by atoms with Gasteiger partial charge in [-0.15, -0.1) is 0 Å². The van der Waals surface area contributed by atoms with E-state index >= 15 is 0 Å². The van der Waals surface area contributed by atoms with Crippen LogP contribution in [-0.4, -0.2) is 72.8 Å². The van der Waals surface area contributed by atoms with Crippen molar-refractivity contribution < 1.29 is 14.0 Å². The number of hydrogen-bond acceptors (Lipinski definition) is 4. The molecular formula is C23H29FN4O2. The highest BCUT2D eigenvalue weighted by Crippen LogP contribution is 2.18. The molecule has 0 aliphatic carbocycles. The van der Waals surface area contributed by atoms with Crippen molar-refractivity contribution in [1.82, 2.24) is 14.7 Å². The van der Waals surface area contributed by atoms with Crippen LogP contribution < -0.4 is 5.32 Å². The summed E-state index contributed by atoms with van der Waals surface area (Å²) < 4.78 is 13.0. The van der Waals surface area contributed by atoms with Gasteiger partial charge in [0, 0.05) is 38.9 Å². The molecule has 7 heteroatoms. The Kier molecular flexibility index (Phi) is 7.54. The Labute approximate surface area is 177 Å². The lowest BCUT2D eigenvalue weighted by Gasteiger charge is -2.35. The van der Waals surface area contributed by atoms with E-state index in [4.69, 9.17) is 0 Å². The maximum absolute atomic E-state index is 13.0. The van der Waals surface area contributed by atoms with Crippen LogP contribution in [0.1, 0.15) is 18.5 Å². The number of benzene rings is 2. The molecule has 0 spiro atoms. The van der Waals surface area contributed by atoms with E-state index in [0.717, 1.165) is 31.7 Å². The van der Waals surface area contributed by atoms with Crippen molar-refractivity contribution in [2.45, 2.75) is 13.0 Å². The fourth-order valence-corrected chi connectivity index (χ4v) is 3.52. The molecule has 2 amide bonds. The van der Waals surface area contributed by atoms with Gasteiger partial charge in [0.2, 0.25) is 11.8 Å². The van der Waals surface area contributed by atoms with Crippen LogP contribution in [0, 0.1) is 5.82 Å². The van der Waals surface area contributed by atoms with Crippen LogP contribution in [0.15, 0.2) is 54.6 Å². The smallest absolute Gasteiger partial charge is 0.238 e. The maximum Gasteiger partial charge on any atom is 0.238 e. The second-order valence-corrected chi connectivity index (χ2v) is 7.70. The molecule has 0 bridgehead atoms. The summed E-state index contributed by atoms with van der Waals surface area (Å²) in [5, 5.41) is 2.78. The van der Waals surface area contributed by atoms with E-state index in [1.54, 1.807) is 17.0 Å². The summed E-state index contributed by atoms with van der Waals surface area (Å²) in [7, 11) is 1.84. The third-order valence-electron chi connectivity index (χ3n) is 5.58. The minimum Gasteiger partial charge on any atom is -0.338 e. The zero-order valence-electron chi connectivity index (χ0n) is 17.6. The summed E-state index contributed by atoms with van der Waals surface area (Å²) in [6.07, 6.45) is 0. The molecule has 0 radical (unpaired) electrons. The van der Waals surface area contributed by atoms with Crippen LogP contribution in [-0.2, 0) is 9.59 Å². The Balaban J connectivity index is 1.41. The molecule has 6 nitrogen and oxygen atoms in total. The first kappa shape index (κ1) is 21.9. The fraction of sp³-hybridized carbons (Fsp3) is 0.391. The van der Waals surface area contributed by atoms with Crippen molar-refractivity contribution in [1.29, 1.82) is 0 Å². The summed E-state index contributed by atoms with van der Waals surface area (Å²) in [6.45, 7) is 5.62. The fourth-order valence-electron chi connectivity index (χ4n) is 3.52. The topological polar surface area (TPSA) is 55.9 Å². The molecule has 1 atom stereocenters. The molecule has 1 aliphatic rings. The number of nitrogens with one attached hydrogen (secondary N) is 1. The van der Waals surface area contributed by atoms with Crippen molar-refractivity contribution in [2.24, 2.45) is 0 Å². The number of likely N-dealkylation sites (N-methyl/N-ethyl adjacent to an activating group) is 1. The van der Waals surface area contributed by atoms with E-state index in [0.29, 0.717) is 12.2 Å². The van der Waals surface area contributed by atoms with Gasteiger partial charge in [-0.3, -0.25) is 19.4 Å². The summed E-state index contributed by atoms with van der Waals surface area (Å²) in [5.41, 5.74) is 1.70. The molecule has 0 unspecified atom stereocenters. The second kappa shape index (κ2) is 10.3. The first-order valence-corrected chi connectivity index (χ1v) is 10.2. The minimum atomic E-state index is -0.331. The van der Waals surface area contributed by atoms with Crippen LogP contribution >= 0.6 is 0 Å². The normalized spacial score (nSPS) is 16.1. The van der Waals surface area contributed by atoms with Crippen molar-refractivity contribution in [2.75, 3.05) is 51.6 Å². The number of carbonyl (C=O) groups excluding carboxylic acids is 2. The van der Waals surface area contributed by atoms with Crippen LogP contribution in [0.5, 0.6) is 0 Å². The predicted molar refractivity (Wildman–Crippen MR) is 116 cm³/mol. The average molecular weight is 413 g/mol. The van der Waals surface area contributed by atoms with Crippen molar-refractivity contribution in [3.8, 4) is 0 Å². The van der Waals surface area contributed by atoms with E-state index in [2.05, 4.69) is 15.1 Å². The third kappa shape index (κ3) is 6.11. The summed E-state index contributed by atoms with van der Waals surface area (Å²) in [6, 6.07) is 15.8. The maximum atomic E-state index is 13.0. The Hall–Kier alpha value is -2.77. The lowest BCUT2D eigenvalue weighted by molar-refractivity contribution is -0.133. The molecular weight excluding hydrogens is 383 g/mol. The number of carbonyl (C=O) groups is 2. The Morgan fingerprint density at radius 3 is 2.13 bits per heavy atom. The van der Waals surface area contributed by atoms with Crippen LogP contribution in [0.4, 0.5) is 10.1 Å². The number of rotatable bonds is 7. The zero-order valence-corrected chi connectivity index (χ0v) is 17.6. The second-order valence-electron chi connectivity index (χ2n) is 7.70. The van der Waals surface area contributed by atoms with Gasteiger partial charge in [-0.05, 0) is 36.8 Å². The third-order valence-corrected chi connectivity index (χ3v) is 5.58. The van der Waals surface area contributed by atoms with Crippen molar-refractivity contribution >= 4 is 17.5 Å². The summed E-state index contributed by atoms with van der Waals surface area (Å²) in [4.78, 5) is 30.9. The molecule has 160 valence electrons. The van der Waals surface area contributed by atoms with Gasteiger partial charge in [0.15, 0.2) is 0 Å². The van der Waals surface area contributed by atoms with Gasteiger partial charge in [0.05, 0.1) is 19.1 Å². The molecule has 2 aromatic carbocycles. The molecule has 1 heterocycles. The monoisotopic (exact) mass is 412 g/mol. The average Bonchev–Trinajstić information content (AvgIpc) is 2.76. The number of halogens is 1. The van der Waals surface area contributed by atoms with E-state index in [1.807, 2.05) is 44.3 Å². The van der Waals surface area contributed by atoms with Gasteiger partial charge in [-0.2, -0.15) is 0 Å². The van der Waals surface area contributed by atoms with Crippen molar-refractivity contribution in [3.63, 3.8) is 0 Å². The van der Waals surface area contributed by atoms with Crippen molar-refractivity contribution in [3.05, 3.63) is 66.0 Å². The number of piperazine rings is 1. The zero-order chi connectivity index (χ0) is 21.5. The van der Waals surface area contributed by atoms with Gasteiger partial charge >= 0.3 is 0 Å². The Bertz CT molecular complexity index is 836. The predicted octanol–water partition coefficient (Wildman–Crippen LogP) is 2.60. The molecule has 0 aromatic heterocycles. The molecule has 0 saturated carbocycles. The van der Waals surface area contributed by atoms with Gasteiger partial charge < -0.3 is 10.2 Å². The van der Waals surface area contributed by atoms with E-state index < -0.39 is 0 Å². The number of hydrogen-bond donors (Lipinski definition) is 1. The molecule has 30 heavy (non-hydrogen) atoms. The van der Waals surface area contributed by atoms with Gasteiger partial charge in [0.1, 0.15) is 5.82 Å². The molecule has 1 saturated heterocycles. The van der Waals surface area contributed by atoms with E-state index in [-0.39, 0.29) is 30.2 Å². The summed E-state index contributed by atoms with van der Waals surface area (Å²) in [5.74, 6) is -0.362. The largest absolute Gasteiger partial charge is 0.338 e. The Morgan fingerprint density at radius 1 is 0.967 bits per heavy atom. The minimum absolute atomic E-state index is 0.0233. The van der Waals surface area contributed by atoms with Gasteiger partial charge in [-0.25, -0.2) is 4.39 Å². The highest BCUT2D eigenvalue weighted by molar-refractivity contribution is 5.92. The first-order chi connectivity index (χ1) is 14.4. The molecule has 1 aliphatic heterocycles. The van der Waals surface area contributed by atoms with Crippen LogP contribution in [0.2, 0.25) is 0 Å². The van der Waals surface area contributed by atoms with Gasteiger partial charge in [-0.1, -0.05) is 30.3 Å². The van der Waals surface area contributed by atoms with Crippen LogP contribution in [0.3, 0.4) is 0 Å². The van der Waals surface area contributed by atoms with E-state index in [1.165, 1.54) is 12.1 Å². The first-order valence-electron chi connectivity index (χ1n) is 10.2. The van der Waals surface area contributed by atoms with Crippen LogP contribution in [0.25, 0.3) is 0 Å². The lowest BCUT2D eigenvalue weighted by atomic mass is 10.1. The standard InChI is InChI=1S/C23H29FN4O2/c1-18(19-6-4-3-5-7-19)26(2)23(30)17-28-14-12-27(13-15-28)16-22(29)25-21-10-8-20(24)9-11-21/h3-11,18H,12-17H2,1-2H3,(H,25,29)/t18-/m1/s1. The molecule has 3 rings (SSSR count). The van der Waals surface area contributed by atoms with Gasteiger partial charge in [0.25, 0.3) is 0 Å². The highest BCUT2D eigenvalue weighted by Gasteiger charge is 2.23.